The first-order valence-corrected chi connectivity index (χ1v) is 4.33. The molecule has 0 amide bonds. The fourth-order valence-electron chi connectivity index (χ4n) is 1.50. The van der Waals surface area contributed by atoms with E-state index in [1.54, 1.807) is 0 Å². The Bertz CT molecular complexity index is 173. The predicted molar refractivity (Wildman–Crippen MR) is 45.6 cm³/mol. The summed E-state index contributed by atoms with van der Waals surface area (Å²) in [6.45, 7) is -0.380. The van der Waals surface area contributed by atoms with Gasteiger partial charge in [-0.05, 0) is 0 Å². The van der Waals surface area contributed by atoms with Crippen LogP contribution in [-0.2, 0) is 14.2 Å². The molecule has 0 saturated carbocycles. The van der Waals surface area contributed by atoms with Crippen LogP contribution in [0.4, 0.5) is 0 Å². The Morgan fingerprint density at radius 2 is 1.79 bits per heavy atom. The van der Waals surface area contributed by atoms with Crippen LogP contribution in [0.15, 0.2) is 0 Å². The van der Waals surface area contributed by atoms with E-state index >= 15 is 0 Å². The van der Waals surface area contributed by atoms with Crippen molar-refractivity contribution >= 4 is 0 Å². The van der Waals surface area contributed by atoms with E-state index < -0.39 is 30.7 Å². The normalized spacial score (nSPS) is 43.9. The van der Waals surface area contributed by atoms with E-state index in [1.165, 1.54) is 14.2 Å². The monoisotopic (exact) mass is 208 g/mol. The van der Waals surface area contributed by atoms with E-state index in [1.807, 2.05) is 0 Å². The fourth-order valence-corrected chi connectivity index (χ4v) is 1.50. The zero-order valence-corrected chi connectivity index (χ0v) is 8.16. The van der Waals surface area contributed by atoms with E-state index in [2.05, 4.69) is 0 Å². The molecule has 6 heteroatoms. The first-order valence-electron chi connectivity index (χ1n) is 4.33. The predicted octanol–water partition coefficient (Wildman–Crippen LogP) is -1.91. The molecule has 1 saturated heterocycles. The van der Waals surface area contributed by atoms with Gasteiger partial charge < -0.3 is 29.5 Å². The zero-order chi connectivity index (χ0) is 10.7. The molecule has 14 heavy (non-hydrogen) atoms. The number of hydrogen-bond donors (Lipinski definition) is 3. The van der Waals surface area contributed by atoms with Crippen LogP contribution in [0, 0.1) is 0 Å². The summed E-state index contributed by atoms with van der Waals surface area (Å²) in [5.74, 6) is 0. The van der Waals surface area contributed by atoms with E-state index in [-0.39, 0.29) is 6.61 Å². The second-order valence-electron chi connectivity index (χ2n) is 3.14. The third kappa shape index (κ3) is 2.05. The molecule has 0 radical (unpaired) electrons. The first-order chi connectivity index (χ1) is 6.65. The molecule has 1 heterocycles. The molecule has 0 aromatic carbocycles. The molecule has 5 atom stereocenters. The van der Waals surface area contributed by atoms with Crippen molar-refractivity contribution in [2.75, 3.05) is 20.8 Å². The highest BCUT2D eigenvalue weighted by atomic mass is 16.7. The first kappa shape index (κ1) is 11.8. The molecule has 84 valence electrons. The quantitative estimate of drug-likeness (QED) is 0.501. The minimum atomic E-state index is -1.17. The van der Waals surface area contributed by atoms with E-state index in [0.29, 0.717) is 0 Å². The molecule has 3 N–H and O–H groups in total. The molecule has 0 aliphatic carbocycles. The molecular weight excluding hydrogens is 192 g/mol. The topological polar surface area (TPSA) is 88.4 Å². The summed E-state index contributed by atoms with van der Waals surface area (Å²) in [5.41, 5.74) is 0. The maximum Gasteiger partial charge on any atom is 0.186 e. The van der Waals surface area contributed by atoms with Gasteiger partial charge in [-0.2, -0.15) is 0 Å². The van der Waals surface area contributed by atoms with Crippen LogP contribution in [0.1, 0.15) is 0 Å². The van der Waals surface area contributed by atoms with Crippen molar-refractivity contribution in [2.24, 2.45) is 0 Å². The lowest BCUT2D eigenvalue weighted by Gasteiger charge is -2.40. The highest BCUT2D eigenvalue weighted by Crippen LogP contribution is 2.23. The second kappa shape index (κ2) is 5.01. The van der Waals surface area contributed by atoms with Gasteiger partial charge in [0.05, 0.1) is 6.61 Å². The average Bonchev–Trinajstić information content (AvgIpc) is 2.21. The van der Waals surface area contributed by atoms with E-state index in [0.717, 1.165) is 0 Å². The number of ether oxygens (including phenoxy) is 3. The molecule has 0 bridgehead atoms. The standard InChI is InChI=1S/C8H16O6/c1-12-7-6(11)5(10)4(3-9)14-8(7)13-2/h4-11H,3H2,1-2H3/t4-,5-,6+,7+,8-/m1/s1. The summed E-state index contributed by atoms with van der Waals surface area (Å²) in [6.07, 6.45) is -4.68. The van der Waals surface area contributed by atoms with Gasteiger partial charge in [0.15, 0.2) is 6.29 Å². The molecule has 1 rings (SSSR count). The summed E-state index contributed by atoms with van der Waals surface area (Å²) in [4.78, 5) is 0. The van der Waals surface area contributed by atoms with Crippen LogP contribution < -0.4 is 0 Å². The number of aliphatic hydroxyl groups is 3. The van der Waals surface area contributed by atoms with Crippen molar-refractivity contribution < 1.29 is 29.5 Å². The van der Waals surface area contributed by atoms with Crippen molar-refractivity contribution in [3.63, 3.8) is 0 Å². The molecule has 1 fully saturated rings. The van der Waals surface area contributed by atoms with Crippen LogP contribution in [0.25, 0.3) is 0 Å². The number of methoxy groups -OCH3 is 2. The number of rotatable bonds is 3. The molecule has 0 spiro atoms. The van der Waals surface area contributed by atoms with Crippen LogP contribution in [0.3, 0.4) is 0 Å². The van der Waals surface area contributed by atoms with E-state index in [9.17, 15) is 10.2 Å². The van der Waals surface area contributed by atoms with Crippen molar-refractivity contribution in [1.29, 1.82) is 0 Å². The summed E-state index contributed by atoms with van der Waals surface area (Å²) in [7, 11) is 2.78. The Morgan fingerprint density at radius 3 is 2.21 bits per heavy atom. The lowest BCUT2D eigenvalue weighted by Crippen LogP contribution is -2.59. The Hall–Kier alpha value is -0.240. The van der Waals surface area contributed by atoms with Gasteiger partial charge in [-0.15, -0.1) is 0 Å². The zero-order valence-electron chi connectivity index (χ0n) is 8.16. The Morgan fingerprint density at radius 1 is 1.14 bits per heavy atom. The van der Waals surface area contributed by atoms with E-state index in [4.69, 9.17) is 19.3 Å². The maximum absolute atomic E-state index is 9.59. The SMILES string of the molecule is CO[C@@H]1O[C@H](CO)[C@@H](O)[C@H](O)[C@@H]1OC. The molecule has 1 aliphatic rings. The summed E-state index contributed by atoms with van der Waals surface area (Å²) < 4.78 is 15.0. The van der Waals surface area contributed by atoms with Crippen molar-refractivity contribution in [1.82, 2.24) is 0 Å². The molecular formula is C8H16O6. The van der Waals surface area contributed by atoms with Crippen LogP contribution >= 0.6 is 0 Å². The van der Waals surface area contributed by atoms with Gasteiger partial charge in [0.25, 0.3) is 0 Å². The third-order valence-electron chi connectivity index (χ3n) is 2.33. The Balaban J connectivity index is 2.71. The van der Waals surface area contributed by atoms with Crippen LogP contribution in [0.2, 0.25) is 0 Å². The summed E-state index contributed by atoms with van der Waals surface area (Å²) in [5, 5.41) is 27.9. The molecule has 0 aromatic rings. The molecule has 0 aromatic heterocycles. The highest BCUT2D eigenvalue weighted by Gasteiger charge is 2.44. The van der Waals surface area contributed by atoms with Crippen molar-refractivity contribution in [2.45, 2.75) is 30.7 Å². The second-order valence-corrected chi connectivity index (χ2v) is 3.14. The van der Waals surface area contributed by atoms with Gasteiger partial charge in [0, 0.05) is 14.2 Å². The number of aliphatic hydroxyl groups excluding tert-OH is 3. The average molecular weight is 208 g/mol. The highest BCUT2D eigenvalue weighted by molar-refractivity contribution is 4.89. The number of hydrogen-bond acceptors (Lipinski definition) is 6. The van der Waals surface area contributed by atoms with Gasteiger partial charge in [0.1, 0.15) is 24.4 Å². The maximum atomic E-state index is 9.59. The fraction of sp³-hybridized carbons (Fsp3) is 1.00. The lowest BCUT2D eigenvalue weighted by molar-refractivity contribution is -0.299. The largest absolute Gasteiger partial charge is 0.394 e. The molecule has 1 aliphatic heterocycles. The van der Waals surface area contributed by atoms with Crippen LogP contribution in [-0.4, -0.2) is 66.9 Å². The van der Waals surface area contributed by atoms with Gasteiger partial charge >= 0.3 is 0 Å². The third-order valence-corrected chi connectivity index (χ3v) is 2.33. The smallest absolute Gasteiger partial charge is 0.186 e. The van der Waals surface area contributed by atoms with Crippen molar-refractivity contribution in [3.05, 3.63) is 0 Å². The molecule has 0 unspecified atom stereocenters. The minimum absolute atomic E-state index is 0.380. The van der Waals surface area contributed by atoms with Gasteiger partial charge in [-0.3, -0.25) is 0 Å². The molecule has 6 nitrogen and oxygen atoms in total. The van der Waals surface area contributed by atoms with Crippen molar-refractivity contribution in [3.8, 4) is 0 Å². The summed E-state index contributed by atoms with van der Waals surface area (Å²) >= 11 is 0. The van der Waals surface area contributed by atoms with Gasteiger partial charge in [-0.1, -0.05) is 0 Å². The Kier molecular flexibility index (Phi) is 4.24. The lowest BCUT2D eigenvalue weighted by atomic mass is 9.99. The van der Waals surface area contributed by atoms with Crippen LogP contribution in [0.5, 0.6) is 0 Å². The minimum Gasteiger partial charge on any atom is -0.394 e. The summed E-state index contributed by atoms with van der Waals surface area (Å²) in [6, 6.07) is 0. The van der Waals surface area contributed by atoms with Gasteiger partial charge in [0.2, 0.25) is 0 Å². The Labute approximate surface area is 82.0 Å². The van der Waals surface area contributed by atoms with Gasteiger partial charge in [-0.25, -0.2) is 0 Å².